The van der Waals surface area contributed by atoms with E-state index in [1.807, 2.05) is 0 Å². The van der Waals surface area contributed by atoms with Crippen molar-refractivity contribution in [3.63, 3.8) is 0 Å². The molecule has 0 bridgehead atoms. The van der Waals surface area contributed by atoms with Crippen molar-refractivity contribution < 1.29 is 55.1 Å². The zero-order valence-corrected chi connectivity index (χ0v) is 15.6. The lowest BCUT2D eigenvalue weighted by Crippen LogP contribution is -2.75. The molecule has 2 rings (SSSR count). The standard InChI is InChI=1S/C17H19ClO11/c1-28-12-5-4-10-6-9(2-3-11(10)8-12)7-13(19)29-17(26,27)15(22,23)14(20,21)16(18,24)25/h2-6,8,20-27H,7H2,1H3. The number of fused-ring (bicyclic) bond motifs is 1. The molecule has 29 heavy (non-hydrogen) atoms. The van der Waals surface area contributed by atoms with Crippen molar-refractivity contribution in [3.8, 4) is 5.75 Å². The number of benzene rings is 2. The minimum Gasteiger partial charge on any atom is -0.497 e. The van der Waals surface area contributed by atoms with E-state index >= 15 is 0 Å². The maximum atomic E-state index is 12.0. The van der Waals surface area contributed by atoms with Gasteiger partial charge in [0.1, 0.15) is 5.75 Å². The van der Waals surface area contributed by atoms with Crippen LogP contribution < -0.4 is 4.74 Å². The highest BCUT2D eigenvalue weighted by Crippen LogP contribution is 2.37. The zero-order chi connectivity index (χ0) is 22.3. The van der Waals surface area contributed by atoms with Crippen LogP contribution in [0.1, 0.15) is 5.56 Å². The maximum Gasteiger partial charge on any atom is 0.387 e. The molecule has 0 unspecified atom stereocenters. The molecule has 8 N–H and O–H groups in total. The Balaban J connectivity index is 2.20. The first-order valence-electron chi connectivity index (χ1n) is 7.89. The molecule has 2 aromatic carbocycles. The van der Waals surface area contributed by atoms with Crippen molar-refractivity contribution in [2.75, 3.05) is 7.11 Å². The number of esters is 1. The van der Waals surface area contributed by atoms with Gasteiger partial charge in [-0.05, 0) is 28.5 Å². The first-order valence-corrected chi connectivity index (χ1v) is 8.26. The van der Waals surface area contributed by atoms with E-state index in [0.29, 0.717) is 16.7 Å². The lowest BCUT2D eigenvalue weighted by Gasteiger charge is -2.43. The average molecular weight is 435 g/mol. The molecule has 0 radical (unpaired) electrons. The number of rotatable bonds is 7. The van der Waals surface area contributed by atoms with Crippen LogP contribution >= 0.6 is 11.6 Å². The summed E-state index contributed by atoms with van der Waals surface area (Å²) in [6.45, 7) is 0. The summed E-state index contributed by atoms with van der Waals surface area (Å²) in [6, 6.07) is 9.81. The average Bonchev–Trinajstić information content (AvgIpc) is 2.59. The maximum absolute atomic E-state index is 12.0. The smallest absolute Gasteiger partial charge is 0.387 e. The highest BCUT2D eigenvalue weighted by atomic mass is 35.5. The lowest BCUT2D eigenvalue weighted by molar-refractivity contribution is -0.531. The number of hydrogen-bond donors (Lipinski definition) is 8. The highest BCUT2D eigenvalue weighted by molar-refractivity contribution is 6.22. The van der Waals surface area contributed by atoms with Crippen LogP contribution in [0, 0.1) is 0 Å². The number of hydrogen-bond acceptors (Lipinski definition) is 11. The third kappa shape index (κ3) is 4.43. The van der Waals surface area contributed by atoms with E-state index in [1.54, 1.807) is 30.3 Å². The SMILES string of the molecule is COc1ccc2cc(CC(=O)OC(O)(O)C(O)(O)C(O)(O)C(O)(O)Cl)ccc2c1. The molecule has 0 spiro atoms. The summed E-state index contributed by atoms with van der Waals surface area (Å²) in [5, 5.41) is 72.4. The number of ether oxygens (including phenoxy) is 2. The molecule has 0 fully saturated rings. The molecule has 0 amide bonds. The van der Waals surface area contributed by atoms with E-state index in [9.17, 15) is 35.4 Å². The largest absolute Gasteiger partial charge is 0.497 e. The van der Waals surface area contributed by atoms with Crippen LogP contribution in [0.5, 0.6) is 5.75 Å². The monoisotopic (exact) mass is 434 g/mol. The molecule has 0 aliphatic heterocycles. The number of aliphatic hydroxyl groups is 8. The number of methoxy groups -OCH3 is 1. The molecule has 160 valence electrons. The molecule has 11 nitrogen and oxygen atoms in total. The van der Waals surface area contributed by atoms with E-state index in [0.717, 1.165) is 5.39 Å². The molecule has 0 aliphatic rings. The fraction of sp³-hybridized carbons (Fsp3) is 0.353. The van der Waals surface area contributed by atoms with Crippen LogP contribution in [-0.2, 0) is 16.0 Å². The third-order valence-corrected chi connectivity index (χ3v) is 4.36. The van der Waals surface area contributed by atoms with Crippen molar-refractivity contribution >= 4 is 28.3 Å². The van der Waals surface area contributed by atoms with Crippen molar-refractivity contribution in [2.24, 2.45) is 0 Å². The zero-order valence-electron chi connectivity index (χ0n) is 14.9. The summed E-state index contributed by atoms with van der Waals surface area (Å²) in [7, 11) is 1.50. The highest BCUT2D eigenvalue weighted by Gasteiger charge is 2.72. The van der Waals surface area contributed by atoms with Gasteiger partial charge in [-0.3, -0.25) is 4.79 Å². The molecule has 0 saturated carbocycles. The topological polar surface area (TPSA) is 197 Å². The quantitative estimate of drug-likeness (QED) is 0.134. The predicted molar refractivity (Wildman–Crippen MR) is 94.8 cm³/mol. The fourth-order valence-electron chi connectivity index (χ4n) is 2.39. The molecule has 0 aliphatic carbocycles. The Kier molecular flexibility index (Phi) is 6.12. The number of carbonyl (C=O) groups excluding carboxylic acids is 1. The van der Waals surface area contributed by atoms with E-state index in [4.69, 9.17) is 26.6 Å². The van der Waals surface area contributed by atoms with Crippen LogP contribution in [-0.4, -0.2) is 76.7 Å². The Morgan fingerprint density at radius 1 is 0.897 bits per heavy atom. The second-order valence-corrected chi connectivity index (χ2v) is 6.77. The molecular formula is C17H19ClO11. The Morgan fingerprint density at radius 3 is 2.00 bits per heavy atom. The molecule has 0 heterocycles. The Labute approximate surface area is 168 Å². The first-order chi connectivity index (χ1) is 13.1. The summed E-state index contributed by atoms with van der Waals surface area (Å²) in [5.41, 5.74) is 0.320. The Bertz CT molecular complexity index is 902. The second-order valence-electron chi connectivity index (χ2n) is 6.24. The van der Waals surface area contributed by atoms with Crippen LogP contribution in [0.25, 0.3) is 10.8 Å². The summed E-state index contributed by atoms with van der Waals surface area (Å²) >= 11 is 4.78. The van der Waals surface area contributed by atoms with E-state index in [1.165, 1.54) is 13.2 Å². The van der Waals surface area contributed by atoms with Crippen LogP contribution in [0.2, 0.25) is 0 Å². The van der Waals surface area contributed by atoms with Crippen molar-refractivity contribution in [1.82, 2.24) is 0 Å². The molecule has 0 atom stereocenters. The lowest BCUT2D eigenvalue weighted by atomic mass is 10.0. The van der Waals surface area contributed by atoms with Crippen molar-refractivity contribution in [1.29, 1.82) is 0 Å². The van der Waals surface area contributed by atoms with Crippen molar-refractivity contribution in [2.45, 2.75) is 29.2 Å². The van der Waals surface area contributed by atoms with E-state index < -0.39 is 35.2 Å². The van der Waals surface area contributed by atoms with E-state index in [2.05, 4.69) is 4.74 Å². The second kappa shape index (κ2) is 7.65. The normalized spacial score (nSPS) is 13.4. The summed E-state index contributed by atoms with van der Waals surface area (Å²) in [6.07, 6.45) is -0.602. The van der Waals surface area contributed by atoms with Crippen molar-refractivity contribution in [3.05, 3.63) is 42.0 Å². The summed E-state index contributed by atoms with van der Waals surface area (Å²) < 4.78 is 9.18. The molecule has 2 aromatic rings. The molecular weight excluding hydrogens is 416 g/mol. The van der Waals surface area contributed by atoms with Gasteiger partial charge in [0.05, 0.1) is 13.5 Å². The number of alkyl halides is 1. The number of carbonyl (C=O) groups is 1. The van der Waals surface area contributed by atoms with Gasteiger partial charge in [-0.15, -0.1) is 0 Å². The van der Waals surface area contributed by atoms with Crippen LogP contribution in [0.4, 0.5) is 0 Å². The first kappa shape index (κ1) is 23.2. The number of halogens is 1. The van der Waals surface area contributed by atoms with Gasteiger partial charge in [-0.25, -0.2) is 0 Å². The molecule has 12 heteroatoms. The molecule has 0 aromatic heterocycles. The van der Waals surface area contributed by atoms with Gasteiger partial charge in [0, 0.05) is 0 Å². The summed E-state index contributed by atoms with van der Waals surface area (Å²) in [5.74, 6) is -14.4. The van der Waals surface area contributed by atoms with Gasteiger partial charge in [-0.2, -0.15) is 0 Å². The molecule has 0 saturated heterocycles. The Morgan fingerprint density at radius 2 is 1.45 bits per heavy atom. The van der Waals surface area contributed by atoms with E-state index in [-0.39, 0.29) is 0 Å². The van der Waals surface area contributed by atoms with Crippen LogP contribution in [0.15, 0.2) is 36.4 Å². The van der Waals surface area contributed by atoms with Gasteiger partial charge in [0.25, 0.3) is 5.79 Å². The van der Waals surface area contributed by atoms with Gasteiger partial charge in [0.2, 0.25) is 0 Å². The van der Waals surface area contributed by atoms with Gasteiger partial charge in [-0.1, -0.05) is 35.9 Å². The third-order valence-electron chi connectivity index (χ3n) is 4.10. The summed E-state index contributed by atoms with van der Waals surface area (Å²) in [4.78, 5) is 12.0. The van der Waals surface area contributed by atoms with Crippen LogP contribution in [0.3, 0.4) is 0 Å². The fourth-order valence-corrected chi connectivity index (χ4v) is 2.52. The van der Waals surface area contributed by atoms with Gasteiger partial charge >= 0.3 is 23.0 Å². The minimum atomic E-state index is -4.64. The Hall–Kier alpha value is -2.06. The minimum absolute atomic E-state index is 0.320. The predicted octanol–water partition coefficient (Wildman–Crippen LogP) is -2.19. The van der Waals surface area contributed by atoms with Gasteiger partial charge < -0.3 is 50.3 Å². The van der Waals surface area contributed by atoms with Gasteiger partial charge in [0.15, 0.2) is 0 Å².